The summed E-state index contributed by atoms with van der Waals surface area (Å²) in [6, 6.07) is 7.18. The number of amides is 2. The molecule has 5 nitrogen and oxygen atoms in total. The van der Waals surface area contributed by atoms with Crippen LogP contribution in [0.2, 0.25) is 5.02 Å². The van der Waals surface area contributed by atoms with Crippen molar-refractivity contribution in [1.29, 1.82) is 0 Å². The molecule has 1 aliphatic rings. The van der Waals surface area contributed by atoms with Crippen molar-refractivity contribution in [3.63, 3.8) is 0 Å². The third kappa shape index (κ3) is 4.19. The maximum absolute atomic E-state index is 14.0. The minimum Gasteiger partial charge on any atom is -0.504 e. The van der Waals surface area contributed by atoms with Crippen LogP contribution in [0.4, 0.5) is 9.18 Å². The topological polar surface area (TPSA) is 66.8 Å². The van der Waals surface area contributed by atoms with Gasteiger partial charge < -0.3 is 9.84 Å². The lowest BCUT2D eigenvalue weighted by Crippen LogP contribution is -2.28. The first-order valence-corrected chi connectivity index (χ1v) is 10.1. The second-order valence-electron chi connectivity index (χ2n) is 5.74. The number of imide groups is 1. The van der Waals surface area contributed by atoms with E-state index in [1.165, 1.54) is 30.3 Å². The summed E-state index contributed by atoms with van der Waals surface area (Å²) in [4.78, 5) is 26.1. The van der Waals surface area contributed by atoms with E-state index in [9.17, 15) is 19.1 Å². The summed E-state index contributed by atoms with van der Waals surface area (Å²) in [7, 11) is 0. The zero-order valence-electron chi connectivity index (χ0n) is 14.5. The predicted molar refractivity (Wildman–Crippen MR) is 110 cm³/mol. The Morgan fingerprint density at radius 2 is 2.11 bits per heavy atom. The summed E-state index contributed by atoms with van der Waals surface area (Å²) < 4.78 is 19.9. The normalized spacial score (nSPS) is 15.6. The molecule has 1 heterocycles. The van der Waals surface area contributed by atoms with Crippen molar-refractivity contribution in [3.8, 4) is 11.5 Å². The molecular formula is C19H14BrClFNO4S. The van der Waals surface area contributed by atoms with Crippen molar-refractivity contribution in [3.05, 3.63) is 61.7 Å². The van der Waals surface area contributed by atoms with E-state index in [1.807, 2.05) is 0 Å². The molecule has 0 bridgehead atoms. The number of ether oxygens (including phenoxy) is 1. The van der Waals surface area contributed by atoms with Crippen LogP contribution >= 0.6 is 39.3 Å². The van der Waals surface area contributed by atoms with Gasteiger partial charge in [-0.25, -0.2) is 4.39 Å². The van der Waals surface area contributed by atoms with Gasteiger partial charge in [-0.2, -0.15) is 0 Å². The molecule has 1 saturated heterocycles. The number of phenols is 1. The van der Waals surface area contributed by atoms with Crippen LogP contribution in [-0.4, -0.2) is 27.8 Å². The van der Waals surface area contributed by atoms with E-state index in [1.54, 1.807) is 13.0 Å². The summed E-state index contributed by atoms with van der Waals surface area (Å²) in [5.74, 6) is -0.923. The number of hydrogen-bond donors (Lipinski definition) is 1. The smallest absolute Gasteiger partial charge is 0.293 e. The van der Waals surface area contributed by atoms with Gasteiger partial charge in [0, 0.05) is 15.1 Å². The number of phenolic OH excluding ortho intramolecular Hbond substituents is 1. The van der Waals surface area contributed by atoms with Crippen LogP contribution in [0, 0.1) is 5.82 Å². The van der Waals surface area contributed by atoms with E-state index in [0.29, 0.717) is 16.6 Å². The van der Waals surface area contributed by atoms with Crippen LogP contribution in [0.1, 0.15) is 18.1 Å². The third-order valence-corrected chi connectivity index (χ3v) is 5.86. The van der Waals surface area contributed by atoms with Gasteiger partial charge >= 0.3 is 0 Å². The van der Waals surface area contributed by atoms with E-state index >= 15 is 0 Å². The number of benzene rings is 2. The first kappa shape index (κ1) is 20.7. The summed E-state index contributed by atoms with van der Waals surface area (Å²) in [5.41, 5.74) is 0.632. The van der Waals surface area contributed by atoms with E-state index in [-0.39, 0.29) is 33.5 Å². The molecule has 146 valence electrons. The molecule has 28 heavy (non-hydrogen) atoms. The Hall–Kier alpha value is -2.03. The highest BCUT2D eigenvalue weighted by Gasteiger charge is 2.36. The van der Waals surface area contributed by atoms with Crippen LogP contribution in [-0.2, 0) is 11.3 Å². The number of carbonyl (C=O) groups is 2. The van der Waals surface area contributed by atoms with Crippen LogP contribution in [0.3, 0.4) is 0 Å². The molecule has 2 aromatic rings. The maximum Gasteiger partial charge on any atom is 0.293 e. The van der Waals surface area contributed by atoms with Crippen molar-refractivity contribution in [2.45, 2.75) is 13.5 Å². The Balaban J connectivity index is 1.90. The molecule has 3 rings (SSSR count). The van der Waals surface area contributed by atoms with Crippen LogP contribution in [0.25, 0.3) is 6.08 Å². The van der Waals surface area contributed by atoms with Gasteiger partial charge in [-0.3, -0.25) is 14.5 Å². The Labute approximate surface area is 178 Å². The summed E-state index contributed by atoms with van der Waals surface area (Å²) in [6.07, 6.45) is 1.51. The molecule has 0 atom stereocenters. The average molecular weight is 487 g/mol. The van der Waals surface area contributed by atoms with Crippen molar-refractivity contribution >= 4 is 56.5 Å². The fraction of sp³-hybridized carbons (Fsp3) is 0.158. The summed E-state index contributed by atoms with van der Waals surface area (Å²) >= 11 is 10.1. The number of hydrogen-bond acceptors (Lipinski definition) is 5. The zero-order valence-corrected chi connectivity index (χ0v) is 17.7. The second-order valence-corrected chi connectivity index (χ2v) is 8.00. The molecule has 1 aliphatic heterocycles. The Bertz CT molecular complexity index is 978. The minimum absolute atomic E-state index is 0.0480. The largest absolute Gasteiger partial charge is 0.504 e. The third-order valence-electron chi connectivity index (χ3n) is 3.92. The summed E-state index contributed by atoms with van der Waals surface area (Å²) in [5, 5.41) is 9.53. The zero-order chi connectivity index (χ0) is 20.4. The van der Waals surface area contributed by atoms with Gasteiger partial charge in [0.2, 0.25) is 0 Å². The number of nitrogens with zero attached hydrogens (tertiary/aromatic N) is 1. The molecule has 0 spiro atoms. The second kappa shape index (κ2) is 8.55. The lowest BCUT2D eigenvalue weighted by molar-refractivity contribution is -0.123. The van der Waals surface area contributed by atoms with Crippen LogP contribution in [0.15, 0.2) is 39.7 Å². The van der Waals surface area contributed by atoms with E-state index in [0.717, 1.165) is 16.7 Å². The number of thioether (sulfide) groups is 1. The molecule has 0 aliphatic carbocycles. The first-order valence-electron chi connectivity index (χ1n) is 8.15. The fourth-order valence-corrected chi connectivity index (χ4v) is 4.06. The first-order chi connectivity index (χ1) is 13.3. The highest BCUT2D eigenvalue weighted by atomic mass is 79.9. The standard InChI is InChI=1S/C19H14BrClFNO4S/c1-2-27-16-6-10(12(20)8-15(16)24)7-17-18(25)23(19(26)28-17)9-11-13(21)4-3-5-14(11)22/h3-8,24H,2,9H2,1H3/b17-7-. The molecule has 0 aromatic heterocycles. The quantitative estimate of drug-likeness (QED) is 0.559. The van der Waals surface area contributed by atoms with E-state index < -0.39 is 17.0 Å². The van der Waals surface area contributed by atoms with Gasteiger partial charge in [0.1, 0.15) is 5.82 Å². The number of aromatic hydroxyl groups is 1. The SMILES string of the molecule is CCOc1cc(/C=C2\SC(=O)N(Cc3c(F)cccc3Cl)C2=O)c(Br)cc1O. The van der Waals surface area contributed by atoms with Gasteiger partial charge in [0.15, 0.2) is 11.5 Å². The molecule has 2 aromatic carbocycles. The van der Waals surface area contributed by atoms with Crippen LogP contribution < -0.4 is 4.74 Å². The van der Waals surface area contributed by atoms with Gasteiger partial charge in [-0.1, -0.05) is 33.6 Å². The van der Waals surface area contributed by atoms with Crippen molar-refractivity contribution in [2.24, 2.45) is 0 Å². The minimum atomic E-state index is -0.585. The number of halogens is 3. The highest BCUT2D eigenvalue weighted by molar-refractivity contribution is 9.10. The Morgan fingerprint density at radius 3 is 2.79 bits per heavy atom. The van der Waals surface area contributed by atoms with Gasteiger partial charge in [0.05, 0.1) is 18.1 Å². The Morgan fingerprint density at radius 1 is 1.36 bits per heavy atom. The molecule has 0 unspecified atom stereocenters. The van der Waals surface area contributed by atoms with Gasteiger partial charge in [-0.05, 0) is 54.6 Å². The van der Waals surface area contributed by atoms with Crippen molar-refractivity contribution in [2.75, 3.05) is 6.61 Å². The molecule has 9 heteroatoms. The van der Waals surface area contributed by atoms with E-state index in [4.69, 9.17) is 16.3 Å². The summed E-state index contributed by atoms with van der Waals surface area (Å²) in [6.45, 7) is 1.88. The van der Waals surface area contributed by atoms with Gasteiger partial charge in [0.25, 0.3) is 11.1 Å². The van der Waals surface area contributed by atoms with Crippen molar-refractivity contribution in [1.82, 2.24) is 4.90 Å². The van der Waals surface area contributed by atoms with Crippen molar-refractivity contribution < 1.29 is 23.8 Å². The lowest BCUT2D eigenvalue weighted by atomic mass is 10.1. The fourth-order valence-electron chi connectivity index (χ4n) is 2.56. The Kier molecular flexibility index (Phi) is 6.32. The highest BCUT2D eigenvalue weighted by Crippen LogP contribution is 2.38. The predicted octanol–water partition coefficient (Wildman–Crippen LogP) is 5.58. The number of rotatable bonds is 5. The molecule has 1 N–H and O–H groups in total. The maximum atomic E-state index is 14.0. The molecular weight excluding hydrogens is 473 g/mol. The van der Waals surface area contributed by atoms with E-state index in [2.05, 4.69) is 15.9 Å². The monoisotopic (exact) mass is 485 g/mol. The van der Waals surface area contributed by atoms with Crippen LogP contribution in [0.5, 0.6) is 11.5 Å². The molecule has 1 fully saturated rings. The van der Waals surface area contributed by atoms with Gasteiger partial charge in [-0.15, -0.1) is 0 Å². The molecule has 2 amide bonds. The molecule has 0 radical (unpaired) electrons. The number of carbonyl (C=O) groups excluding carboxylic acids is 2. The average Bonchev–Trinajstić information content (AvgIpc) is 2.89. The molecule has 0 saturated carbocycles. The lowest BCUT2D eigenvalue weighted by Gasteiger charge is -2.14.